The summed E-state index contributed by atoms with van der Waals surface area (Å²) in [6.07, 6.45) is 0.582. The van der Waals surface area contributed by atoms with Crippen LogP contribution in [-0.4, -0.2) is 59.6 Å². The molecule has 8 nitrogen and oxygen atoms in total. The number of sulfonamides is 1. The highest BCUT2D eigenvalue weighted by molar-refractivity contribution is 7.89. The van der Waals surface area contributed by atoms with Crippen molar-refractivity contribution in [3.63, 3.8) is 0 Å². The van der Waals surface area contributed by atoms with Crippen LogP contribution in [0.5, 0.6) is 0 Å². The van der Waals surface area contributed by atoms with E-state index >= 15 is 0 Å². The fraction of sp³-hybridized carbons (Fsp3) is 0.474. The van der Waals surface area contributed by atoms with Gasteiger partial charge in [-0.05, 0) is 44.9 Å². The summed E-state index contributed by atoms with van der Waals surface area (Å²) in [5.41, 5.74) is 2.92. The van der Waals surface area contributed by atoms with Gasteiger partial charge < -0.3 is 10.2 Å². The minimum atomic E-state index is -3.65. The van der Waals surface area contributed by atoms with E-state index in [2.05, 4.69) is 10.4 Å². The molecule has 2 aromatic rings. The monoisotopic (exact) mass is 405 g/mol. The first kappa shape index (κ1) is 20.3. The molecule has 0 unspecified atom stereocenters. The van der Waals surface area contributed by atoms with E-state index in [1.54, 1.807) is 30.5 Å². The predicted octanol–water partition coefficient (Wildman–Crippen LogP) is 2.27. The lowest BCUT2D eigenvalue weighted by Gasteiger charge is -2.22. The van der Waals surface area contributed by atoms with Crippen LogP contribution in [0.4, 0.5) is 10.5 Å². The highest BCUT2D eigenvalue weighted by Crippen LogP contribution is 2.24. The molecule has 1 aliphatic heterocycles. The van der Waals surface area contributed by atoms with Crippen LogP contribution in [0, 0.1) is 20.8 Å². The summed E-state index contributed by atoms with van der Waals surface area (Å²) < 4.78 is 29.4. The van der Waals surface area contributed by atoms with Crippen molar-refractivity contribution in [2.45, 2.75) is 32.1 Å². The lowest BCUT2D eigenvalue weighted by atomic mass is 10.2. The van der Waals surface area contributed by atoms with Gasteiger partial charge in [0, 0.05) is 38.9 Å². The molecule has 1 aromatic heterocycles. The molecule has 3 rings (SSSR count). The molecule has 0 radical (unpaired) electrons. The van der Waals surface area contributed by atoms with Crippen LogP contribution in [-0.2, 0) is 17.1 Å². The highest BCUT2D eigenvalue weighted by Gasteiger charge is 2.32. The summed E-state index contributed by atoms with van der Waals surface area (Å²) in [6.45, 7) is 6.92. The highest BCUT2D eigenvalue weighted by atomic mass is 32.2. The number of urea groups is 1. The van der Waals surface area contributed by atoms with Crippen molar-refractivity contribution in [2.24, 2.45) is 7.05 Å². The number of amides is 2. The van der Waals surface area contributed by atoms with E-state index in [9.17, 15) is 13.2 Å². The third kappa shape index (κ3) is 4.05. The second-order valence-electron chi connectivity index (χ2n) is 7.17. The Labute approximate surface area is 166 Å². The molecule has 1 aromatic carbocycles. The Morgan fingerprint density at radius 2 is 1.86 bits per heavy atom. The van der Waals surface area contributed by atoms with Crippen molar-refractivity contribution in [2.75, 3.05) is 31.5 Å². The number of nitrogens with one attached hydrogen (secondary N) is 1. The first-order valence-corrected chi connectivity index (χ1v) is 10.8. The van der Waals surface area contributed by atoms with Gasteiger partial charge in [-0.2, -0.15) is 9.40 Å². The Hall–Kier alpha value is -2.39. The zero-order valence-corrected chi connectivity index (χ0v) is 17.6. The van der Waals surface area contributed by atoms with E-state index in [-0.39, 0.29) is 17.5 Å². The number of benzene rings is 1. The molecule has 152 valence electrons. The van der Waals surface area contributed by atoms with Gasteiger partial charge in [-0.1, -0.05) is 12.1 Å². The van der Waals surface area contributed by atoms with Gasteiger partial charge >= 0.3 is 6.03 Å². The maximum absolute atomic E-state index is 13.2. The van der Waals surface area contributed by atoms with Gasteiger partial charge in [-0.25, -0.2) is 13.2 Å². The third-order valence-corrected chi connectivity index (χ3v) is 7.20. The molecule has 2 amide bonds. The first-order chi connectivity index (χ1) is 13.2. The molecule has 9 heteroatoms. The van der Waals surface area contributed by atoms with Crippen molar-refractivity contribution < 1.29 is 13.2 Å². The summed E-state index contributed by atoms with van der Waals surface area (Å²) in [7, 11) is -1.91. The number of aryl methyl sites for hydroxylation is 3. The van der Waals surface area contributed by atoms with Crippen LogP contribution < -0.4 is 5.32 Å². The fourth-order valence-electron chi connectivity index (χ4n) is 3.52. The van der Waals surface area contributed by atoms with Crippen LogP contribution >= 0.6 is 0 Å². The van der Waals surface area contributed by atoms with Crippen LogP contribution in [0.15, 0.2) is 29.2 Å². The Morgan fingerprint density at radius 1 is 1.11 bits per heavy atom. The second-order valence-corrected chi connectivity index (χ2v) is 9.04. The molecular weight excluding hydrogens is 378 g/mol. The van der Waals surface area contributed by atoms with Crippen LogP contribution in [0.3, 0.4) is 0 Å². The van der Waals surface area contributed by atoms with Gasteiger partial charge in [0.25, 0.3) is 0 Å². The predicted molar refractivity (Wildman–Crippen MR) is 108 cm³/mol. The van der Waals surface area contributed by atoms with Gasteiger partial charge in [0.05, 0.1) is 11.4 Å². The molecule has 0 spiro atoms. The molecule has 28 heavy (non-hydrogen) atoms. The summed E-state index contributed by atoms with van der Waals surface area (Å²) in [5, 5.41) is 7.12. The number of hydrogen-bond donors (Lipinski definition) is 1. The Morgan fingerprint density at radius 3 is 2.50 bits per heavy atom. The minimum Gasteiger partial charge on any atom is -0.323 e. The maximum atomic E-state index is 13.2. The molecule has 1 aliphatic rings. The van der Waals surface area contributed by atoms with Gasteiger partial charge in [0.2, 0.25) is 10.0 Å². The molecule has 0 bridgehead atoms. The van der Waals surface area contributed by atoms with Crippen molar-refractivity contribution >= 4 is 21.7 Å². The first-order valence-electron chi connectivity index (χ1n) is 9.33. The van der Waals surface area contributed by atoms with Crippen molar-refractivity contribution in [3.8, 4) is 0 Å². The Kier molecular flexibility index (Phi) is 5.76. The molecule has 2 heterocycles. The van der Waals surface area contributed by atoms with Crippen LogP contribution in [0.2, 0.25) is 0 Å². The number of nitrogens with zero attached hydrogens (tertiary/aromatic N) is 4. The van der Waals surface area contributed by atoms with E-state index in [4.69, 9.17) is 0 Å². The summed E-state index contributed by atoms with van der Waals surface area (Å²) in [5.74, 6) is 0. The average Bonchev–Trinajstić information content (AvgIpc) is 2.80. The van der Waals surface area contributed by atoms with Crippen molar-refractivity contribution in [1.82, 2.24) is 19.0 Å². The molecule has 0 atom stereocenters. The van der Waals surface area contributed by atoms with Crippen LogP contribution in [0.25, 0.3) is 0 Å². The summed E-state index contributed by atoms with van der Waals surface area (Å²) in [6, 6.07) is 7.39. The average molecular weight is 406 g/mol. The van der Waals surface area contributed by atoms with E-state index in [1.165, 1.54) is 4.31 Å². The Bertz CT molecular complexity index is 983. The Balaban J connectivity index is 1.71. The maximum Gasteiger partial charge on any atom is 0.321 e. The molecule has 1 N–H and O–H groups in total. The SMILES string of the molecule is Cc1cccc(NC(=O)N2CCCN(S(=O)(=O)c3c(C)nn(C)c3C)CC2)c1. The van der Waals surface area contributed by atoms with Gasteiger partial charge in [-0.15, -0.1) is 0 Å². The fourth-order valence-corrected chi connectivity index (χ4v) is 5.39. The third-order valence-electron chi connectivity index (χ3n) is 5.05. The van der Waals surface area contributed by atoms with Crippen molar-refractivity contribution in [3.05, 3.63) is 41.2 Å². The van der Waals surface area contributed by atoms with E-state index in [0.29, 0.717) is 37.4 Å². The number of aromatic nitrogens is 2. The van der Waals surface area contributed by atoms with E-state index in [0.717, 1.165) is 11.3 Å². The number of carbonyl (C=O) groups is 1. The minimum absolute atomic E-state index is 0.210. The van der Waals surface area contributed by atoms with Gasteiger partial charge in [-0.3, -0.25) is 4.68 Å². The molecular formula is C19H27N5O3S. The number of rotatable bonds is 3. The van der Waals surface area contributed by atoms with E-state index < -0.39 is 10.0 Å². The van der Waals surface area contributed by atoms with Crippen LogP contribution in [0.1, 0.15) is 23.4 Å². The number of hydrogen-bond acceptors (Lipinski definition) is 4. The normalized spacial score (nSPS) is 16.1. The zero-order valence-electron chi connectivity index (χ0n) is 16.8. The topological polar surface area (TPSA) is 87.5 Å². The smallest absolute Gasteiger partial charge is 0.321 e. The standard InChI is InChI=1S/C19H27N5O3S/c1-14-7-5-8-17(13-14)20-19(25)23-9-6-10-24(12-11-23)28(26,27)18-15(2)21-22(4)16(18)3/h5,7-8,13H,6,9-12H2,1-4H3,(H,20,25). The van der Waals surface area contributed by atoms with Gasteiger partial charge in [0.15, 0.2) is 0 Å². The lowest BCUT2D eigenvalue weighted by molar-refractivity contribution is 0.214. The van der Waals surface area contributed by atoms with Gasteiger partial charge in [0.1, 0.15) is 4.90 Å². The molecule has 1 fully saturated rings. The van der Waals surface area contributed by atoms with Crippen molar-refractivity contribution in [1.29, 1.82) is 0 Å². The quantitative estimate of drug-likeness (QED) is 0.849. The summed E-state index contributed by atoms with van der Waals surface area (Å²) in [4.78, 5) is 14.5. The second kappa shape index (κ2) is 7.92. The lowest BCUT2D eigenvalue weighted by Crippen LogP contribution is -2.39. The number of carbonyl (C=O) groups excluding carboxylic acids is 1. The molecule has 0 saturated carbocycles. The largest absolute Gasteiger partial charge is 0.323 e. The molecule has 0 aliphatic carbocycles. The summed E-state index contributed by atoms with van der Waals surface area (Å²) >= 11 is 0. The number of anilines is 1. The van der Waals surface area contributed by atoms with E-state index in [1.807, 2.05) is 31.2 Å². The molecule has 1 saturated heterocycles. The zero-order chi connectivity index (χ0) is 20.5.